The van der Waals surface area contributed by atoms with Crippen LogP contribution in [0.15, 0.2) is 76.1 Å². The third-order valence-electron chi connectivity index (χ3n) is 3.43. The average Bonchev–Trinajstić information content (AvgIpc) is 2.68. The lowest BCUT2D eigenvalue weighted by molar-refractivity contribution is 1.20. The summed E-state index contributed by atoms with van der Waals surface area (Å²) in [6.07, 6.45) is 7.85. The van der Waals surface area contributed by atoms with Crippen LogP contribution in [0.1, 0.15) is 16.7 Å². The monoisotopic (exact) mass is 342 g/mol. The Kier molecular flexibility index (Phi) is 5.28. The SMILES string of the molecule is N#Cc1c(Nc2ccccc2)c(/C=N\N=C/c2cccnc2)c[nH]c1=O. The molecule has 0 saturated heterocycles. The van der Waals surface area contributed by atoms with Gasteiger partial charge in [0.05, 0.1) is 18.1 Å². The van der Waals surface area contributed by atoms with Gasteiger partial charge in [0.2, 0.25) is 0 Å². The van der Waals surface area contributed by atoms with E-state index in [1.165, 1.54) is 12.4 Å². The van der Waals surface area contributed by atoms with E-state index >= 15 is 0 Å². The molecule has 0 amide bonds. The molecule has 3 aromatic rings. The summed E-state index contributed by atoms with van der Waals surface area (Å²) in [6.45, 7) is 0. The summed E-state index contributed by atoms with van der Waals surface area (Å²) in [7, 11) is 0. The fraction of sp³-hybridized carbons (Fsp3) is 0. The van der Waals surface area contributed by atoms with Crippen LogP contribution in [0.5, 0.6) is 0 Å². The summed E-state index contributed by atoms with van der Waals surface area (Å²) >= 11 is 0. The van der Waals surface area contributed by atoms with Crippen molar-refractivity contribution in [3.8, 4) is 6.07 Å². The summed E-state index contributed by atoms with van der Waals surface area (Å²) in [6, 6.07) is 14.8. The molecular formula is C19H14N6O. The lowest BCUT2D eigenvalue weighted by atomic mass is 10.1. The van der Waals surface area contributed by atoms with E-state index in [1.54, 1.807) is 24.7 Å². The Morgan fingerprint density at radius 3 is 2.65 bits per heavy atom. The van der Waals surface area contributed by atoms with Crippen molar-refractivity contribution in [3.63, 3.8) is 0 Å². The summed E-state index contributed by atoms with van der Waals surface area (Å²) in [5.41, 5.74) is 1.99. The molecule has 7 heteroatoms. The number of rotatable bonds is 5. The second-order valence-corrected chi connectivity index (χ2v) is 5.20. The fourth-order valence-electron chi connectivity index (χ4n) is 2.20. The summed E-state index contributed by atoms with van der Waals surface area (Å²) in [5.74, 6) is 0. The Balaban J connectivity index is 1.91. The summed E-state index contributed by atoms with van der Waals surface area (Å²) in [4.78, 5) is 18.4. The second kappa shape index (κ2) is 8.17. The number of para-hydroxylation sites is 1. The molecule has 26 heavy (non-hydrogen) atoms. The summed E-state index contributed by atoms with van der Waals surface area (Å²) in [5, 5.41) is 20.4. The quantitative estimate of drug-likeness (QED) is 0.549. The standard InChI is InChI=1S/C19H14N6O/c20-9-17-18(25-16-6-2-1-3-7-16)15(12-22-19(17)26)13-24-23-11-14-5-4-8-21-10-14/h1-8,10-13H,(H2,22,25,26)/b23-11-,24-13-. The lowest BCUT2D eigenvalue weighted by Crippen LogP contribution is -2.14. The maximum atomic E-state index is 11.9. The third kappa shape index (κ3) is 4.07. The predicted octanol–water partition coefficient (Wildman–Crippen LogP) is 2.84. The molecule has 0 fully saturated rings. The molecular weight excluding hydrogens is 328 g/mol. The van der Waals surface area contributed by atoms with Crippen LogP contribution in [-0.2, 0) is 0 Å². The molecule has 0 unspecified atom stereocenters. The number of aromatic nitrogens is 2. The van der Waals surface area contributed by atoms with Gasteiger partial charge >= 0.3 is 0 Å². The fourth-order valence-corrected chi connectivity index (χ4v) is 2.20. The maximum Gasteiger partial charge on any atom is 0.268 e. The van der Waals surface area contributed by atoms with Gasteiger partial charge in [0.25, 0.3) is 5.56 Å². The number of nitrogens with one attached hydrogen (secondary N) is 2. The number of benzene rings is 1. The minimum Gasteiger partial charge on any atom is -0.354 e. The van der Waals surface area contributed by atoms with Crippen molar-refractivity contribution in [1.82, 2.24) is 9.97 Å². The van der Waals surface area contributed by atoms with Crippen LogP contribution in [-0.4, -0.2) is 22.4 Å². The number of nitriles is 1. The highest BCUT2D eigenvalue weighted by atomic mass is 16.1. The van der Waals surface area contributed by atoms with E-state index in [0.717, 1.165) is 11.3 Å². The summed E-state index contributed by atoms with van der Waals surface area (Å²) < 4.78 is 0. The van der Waals surface area contributed by atoms with Crippen LogP contribution in [0, 0.1) is 11.3 Å². The molecule has 0 bridgehead atoms. The number of hydrogen-bond donors (Lipinski definition) is 2. The van der Waals surface area contributed by atoms with Crippen LogP contribution in [0.3, 0.4) is 0 Å². The molecule has 1 aromatic carbocycles. The Bertz CT molecular complexity index is 1030. The van der Waals surface area contributed by atoms with Crippen molar-refractivity contribution in [3.05, 3.63) is 88.1 Å². The van der Waals surface area contributed by atoms with Crippen LogP contribution >= 0.6 is 0 Å². The average molecular weight is 342 g/mol. The van der Waals surface area contributed by atoms with Crippen LogP contribution in [0.4, 0.5) is 11.4 Å². The molecule has 2 N–H and O–H groups in total. The molecule has 0 radical (unpaired) electrons. The van der Waals surface area contributed by atoms with Gasteiger partial charge in [0.1, 0.15) is 11.6 Å². The maximum absolute atomic E-state index is 11.9. The van der Waals surface area contributed by atoms with Gasteiger partial charge in [-0.3, -0.25) is 9.78 Å². The molecule has 7 nitrogen and oxygen atoms in total. The number of H-pyrrole nitrogens is 1. The smallest absolute Gasteiger partial charge is 0.268 e. The lowest BCUT2D eigenvalue weighted by Gasteiger charge is -2.10. The largest absolute Gasteiger partial charge is 0.354 e. The van der Waals surface area contributed by atoms with Crippen LogP contribution < -0.4 is 10.9 Å². The number of nitrogens with zero attached hydrogens (tertiary/aromatic N) is 4. The van der Waals surface area contributed by atoms with E-state index in [4.69, 9.17) is 0 Å². The molecule has 0 atom stereocenters. The second-order valence-electron chi connectivity index (χ2n) is 5.20. The van der Waals surface area contributed by atoms with E-state index in [2.05, 4.69) is 25.5 Å². The zero-order valence-corrected chi connectivity index (χ0v) is 13.6. The first-order chi connectivity index (χ1) is 12.8. The van der Waals surface area contributed by atoms with Crippen molar-refractivity contribution in [2.75, 3.05) is 5.32 Å². The predicted molar refractivity (Wildman–Crippen MR) is 101 cm³/mol. The first-order valence-electron chi connectivity index (χ1n) is 7.72. The normalized spacial score (nSPS) is 10.9. The number of pyridine rings is 2. The molecule has 0 aliphatic carbocycles. The first-order valence-corrected chi connectivity index (χ1v) is 7.72. The van der Waals surface area contributed by atoms with Crippen molar-refractivity contribution < 1.29 is 0 Å². The number of anilines is 2. The Hall–Kier alpha value is -4.05. The van der Waals surface area contributed by atoms with Crippen LogP contribution in [0.2, 0.25) is 0 Å². The van der Waals surface area contributed by atoms with E-state index in [-0.39, 0.29) is 5.56 Å². The minimum absolute atomic E-state index is 0.0194. The molecule has 2 heterocycles. The molecule has 126 valence electrons. The zero-order valence-electron chi connectivity index (χ0n) is 13.6. The Labute approximate surface area is 149 Å². The molecule has 0 saturated carbocycles. The van der Waals surface area contributed by atoms with Crippen LogP contribution in [0.25, 0.3) is 0 Å². The van der Waals surface area contributed by atoms with E-state index < -0.39 is 5.56 Å². The molecule has 0 aliphatic rings. The van der Waals surface area contributed by atoms with Gasteiger partial charge in [-0.05, 0) is 18.2 Å². The van der Waals surface area contributed by atoms with Crippen molar-refractivity contribution in [2.24, 2.45) is 10.2 Å². The van der Waals surface area contributed by atoms with E-state index in [1.807, 2.05) is 42.5 Å². The molecule has 3 rings (SSSR count). The van der Waals surface area contributed by atoms with Crippen molar-refractivity contribution in [2.45, 2.75) is 0 Å². The first kappa shape index (κ1) is 16.8. The van der Waals surface area contributed by atoms with Gasteiger partial charge in [0.15, 0.2) is 0 Å². The van der Waals surface area contributed by atoms with E-state index in [0.29, 0.717) is 11.3 Å². The highest BCUT2D eigenvalue weighted by molar-refractivity contribution is 5.91. The van der Waals surface area contributed by atoms with Gasteiger partial charge < -0.3 is 10.3 Å². The molecule has 0 aliphatic heterocycles. The third-order valence-corrected chi connectivity index (χ3v) is 3.43. The highest BCUT2D eigenvalue weighted by Gasteiger charge is 2.11. The molecule has 2 aromatic heterocycles. The Morgan fingerprint density at radius 1 is 1.12 bits per heavy atom. The minimum atomic E-state index is -0.470. The van der Waals surface area contributed by atoms with Crippen molar-refractivity contribution in [1.29, 1.82) is 5.26 Å². The number of aromatic amines is 1. The van der Waals surface area contributed by atoms with Gasteiger partial charge in [-0.2, -0.15) is 15.5 Å². The Morgan fingerprint density at radius 2 is 1.92 bits per heavy atom. The number of hydrogen-bond acceptors (Lipinski definition) is 6. The van der Waals surface area contributed by atoms with Gasteiger partial charge in [-0.1, -0.05) is 24.3 Å². The highest BCUT2D eigenvalue weighted by Crippen LogP contribution is 2.21. The van der Waals surface area contributed by atoms with E-state index in [9.17, 15) is 10.1 Å². The zero-order chi connectivity index (χ0) is 18.2. The topological polar surface area (TPSA) is 106 Å². The van der Waals surface area contributed by atoms with Gasteiger partial charge in [0, 0.05) is 35.4 Å². The van der Waals surface area contributed by atoms with Crippen molar-refractivity contribution >= 4 is 23.8 Å². The van der Waals surface area contributed by atoms with Gasteiger partial charge in [-0.25, -0.2) is 0 Å². The molecule has 0 spiro atoms. The van der Waals surface area contributed by atoms with Gasteiger partial charge in [-0.15, -0.1) is 0 Å².